The standard InChI is InChI=1S/C15H18N4O3.CH4O/c1-5-10(17)15(22)9-6(2-3-8(16)20)12-11-7(18-11)4-19(12)13(9)14(5)21;1-2/h6-7,11-12,18H,2-4,17H2,1H3,(H2,16,20);2H,1H3/t6-,7?,11?,12?;/m1./s1. The third-order valence-corrected chi connectivity index (χ3v) is 5.33. The largest absolute Gasteiger partial charge is 0.400 e. The number of nitrogens with two attached hydrogens (primary N) is 2. The minimum absolute atomic E-state index is 0.0364. The average Bonchev–Trinajstić information content (AvgIpc) is 3.11. The summed E-state index contributed by atoms with van der Waals surface area (Å²) in [5.41, 5.74) is 12.5. The summed E-state index contributed by atoms with van der Waals surface area (Å²) in [7, 11) is 1.00. The first kappa shape index (κ1) is 16.7. The smallest absolute Gasteiger partial charge is 0.217 e. The van der Waals surface area contributed by atoms with Crippen molar-refractivity contribution in [3.8, 4) is 0 Å². The van der Waals surface area contributed by atoms with Gasteiger partial charge in [-0.2, -0.15) is 0 Å². The lowest BCUT2D eigenvalue weighted by Gasteiger charge is -2.27. The number of carbonyl (C=O) groups excluding carboxylic acids is 3. The molecule has 4 aliphatic rings. The van der Waals surface area contributed by atoms with E-state index in [2.05, 4.69) is 5.32 Å². The van der Waals surface area contributed by atoms with Crippen molar-refractivity contribution < 1.29 is 19.5 Å². The normalized spacial score (nSPS) is 33.0. The Morgan fingerprint density at radius 2 is 2.00 bits per heavy atom. The van der Waals surface area contributed by atoms with Crippen molar-refractivity contribution in [2.75, 3.05) is 13.7 Å². The summed E-state index contributed by atoms with van der Waals surface area (Å²) < 4.78 is 0. The Bertz CT molecular complexity index is 696. The summed E-state index contributed by atoms with van der Waals surface area (Å²) in [4.78, 5) is 38.4. The van der Waals surface area contributed by atoms with Crippen LogP contribution >= 0.6 is 0 Å². The van der Waals surface area contributed by atoms with E-state index in [4.69, 9.17) is 16.6 Å². The van der Waals surface area contributed by atoms with Gasteiger partial charge in [-0.15, -0.1) is 0 Å². The van der Waals surface area contributed by atoms with E-state index in [0.29, 0.717) is 29.3 Å². The number of hydrogen-bond donors (Lipinski definition) is 4. The SMILES string of the molecule is CC1=C(N)C(=O)C2=C(C1=O)N1CC3NC3C1[C@@H]2CCC(N)=O.CO. The number of Topliss-reactive ketones (excluding diaryl/α,β-unsaturated/α-hetero) is 2. The molecule has 130 valence electrons. The Hall–Kier alpha value is -2.19. The van der Waals surface area contributed by atoms with E-state index in [1.165, 1.54) is 0 Å². The minimum atomic E-state index is -0.395. The molecule has 0 spiro atoms. The molecule has 0 radical (unpaired) electrons. The topological polar surface area (TPSA) is 149 Å². The summed E-state index contributed by atoms with van der Waals surface area (Å²) >= 11 is 0. The van der Waals surface area contributed by atoms with E-state index in [-0.39, 0.29) is 41.7 Å². The average molecular weight is 334 g/mol. The second-order valence-corrected chi connectivity index (χ2v) is 6.51. The predicted octanol–water partition coefficient (Wildman–Crippen LogP) is -1.85. The van der Waals surface area contributed by atoms with E-state index >= 15 is 0 Å². The van der Waals surface area contributed by atoms with E-state index in [9.17, 15) is 14.4 Å². The lowest BCUT2D eigenvalue weighted by molar-refractivity contribution is -0.118. The molecule has 0 aromatic heterocycles. The molecule has 0 aromatic carbocycles. The fourth-order valence-electron chi connectivity index (χ4n) is 4.19. The summed E-state index contributed by atoms with van der Waals surface area (Å²) in [6.45, 7) is 2.33. The number of piperazine rings is 1. The first-order chi connectivity index (χ1) is 11.4. The van der Waals surface area contributed by atoms with Crippen molar-refractivity contribution in [3.05, 3.63) is 22.5 Å². The van der Waals surface area contributed by atoms with Gasteiger partial charge in [-0.1, -0.05) is 0 Å². The molecular weight excluding hydrogens is 312 g/mol. The third-order valence-electron chi connectivity index (χ3n) is 5.33. The Balaban J connectivity index is 0.000000815. The molecular formula is C16H22N4O4. The number of nitrogens with zero attached hydrogens (tertiary/aromatic N) is 1. The monoisotopic (exact) mass is 334 g/mol. The molecule has 24 heavy (non-hydrogen) atoms. The number of rotatable bonds is 3. The molecule has 4 atom stereocenters. The Morgan fingerprint density at radius 1 is 1.33 bits per heavy atom. The number of nitrogens with one attached hydrogen (secondary N) is 1. The van der Waals surface area contributed by atoms with Gasteiger partial charge < -0.3 is 26.8 Å². The van der Waals surface area contributed by atoms with Gasteiger partial charge in [-0.25, -0.2) is 0 Å². The molecule has 6 N–H and O–H groups in total. The van der Waals surface area contributed by atoms with Gasteiger partial charge in [-0.3, -0.25) is 14.4 Å². The quantitative estimate of drug-likeness (QED) is 0.350. The van der Waals surface area contributed by atoms with Crippen LogP contribution in [0.15, 0.2) is 22.5 Å². The Labute approximate surface area is 139 Å². The van der Waals surface area contributed by atoms with Crippen molar-refractivity contribution in [2.45, 2.75) is 37.9 Å². The molecule has 8 heteroatoms. The van der Waals surface area contributed by atoms with Gasteiger partial charge in [0.1, 0.15) is 0 Å². The molecule has 1 aliphatic carbocycles. The second-order valence-electron chi connectivity index (χ2n) is 6.51. The maximum atomic E-state index is 12.6. The summed E-state index contributed by atoms with van der Waals surface area (Å²) in [5.74, 6) is -0.961. The van der Waals surface area contributed by atoms with Crippen molar-refractivity contribution in [2.24, 2.45) is 17.4 Å². The van der Waals surface area contributed by atoms with Crippen molar-refractivity contribution in [3.63, 3.8) is 0 Å². The maximum Gasteiger partial charge on any atom is 0.217 e. The van der Waals surface area contributed by atoms with E-state index in [1.54, 1.807) is 6.92 Å². The number of amides is 1. The van der Waals surface area contributed by atoms with Crippen molar-refractivity contribution >= 4 is 17.5 Å². The highest BCUT2D eigenvalue weighted by Crippen LogP contribution is 2.49. The van der Waals surface area contributed by atoms with Crippen LogP contribution in [0.2, 0.25) is 0 Å². The lowest BCUT2D eigenvalue weighted by Crippen LogP contribution is -2.38. The van der Waals surface area contributed by atoms with Gasteiger partial charge >= 0.3 is 0 Å². The molecule has 3 heterocycles. The molecule has 3 unspecified atom stereocenters. The van der Waals surface area contributed by atoms with Gasteiger partial charge in [0.05, 0.1) is 17.4 Å². The number of aliphatic hydroxyl groups is 1. The van der Waals surface area contributed by atoms with Crippen LogP contribution in [0, 0.1) is 5.92 Å². The summed E-state index contributed by atoms with van der Waals surface area (Å²) in [6, 6.07) is 0.716. The van der Waals surface area contributed by atoms with Crippen LogP contribution in [0.1, 0.15) is 19.8 Å². The number of primary amides is 1. The van der Waals surface area contributed by atoms with E-state index in [0.717, 1.165) is 13.7 Å². The summed E-state index contributed by atoms with van der Waals surface area (Å²) in [6.07, 6.45) is 0.679. The van der Waals surface area contributed by atoms with Crippen LogP contribution in [-0.4, -0.2) is 59.3 Å². The molecule has 1 amide bonds. The van der Waals surface area contributed by atoms with Crippen LogP contribution in [-0.2, 0) is 14.4 Å². The zero-order chi connectivity index (χ0) is 17.8. The molecule has 0 bridgehead atoms. The highest BCUT2D eigenvalue weighted by molar-refractivity contribution is 6.25. The molecule has 0 aromatic rings. The van der Waals surface area contributed by atoms with E-state index in [1.807, 2.05) is 4.90 Å². The zero-order valence-electron chi connectivity index (χ0n) is 13.7. The Kier molecular flexibility index (Phi) is 3.97. The fourth-order valence-corrected chi connectivity index (χ4v) is 4.19. The molecule has 8 nitrogen and oxygen atoms in total. The predicted molar refractivity (Wildman–Crippen MR) is 85.2 cm³/mol. The first-order valence-corrected chi connectivity index (χ1v) is 7.97. The Morgan fingerprint density at radius 3 is 2.62 bits per heavy atom. The minimum Gasteiger partial charge on any atom is -0.400 e. The van der Waals surface area contributed by atoms with Crippen LogP contribution in [0.25, 0.3) is 0 Å². The lowest BCUT2D eigenvalue weighted by atomic mass is 9.81. The fraction of sp³-hybridized carbons (Fsp3) is 0.562. The first-order valence-electron chi connectivity index (χ1n) is 7.97. The summed E-state index contributed by atoms with van der Waals surface area (Å²) in [5, 5.41) is 10.4. The van der Waals surface area contributed by atoms with Gasteiger partial charge in [0.15, 0.2) is 0 Å². The number of aliphatic hydroxyl groups excluding tert-OH is 1. The number of carbonyl (C=O) groups is 3. The van der Waals surface area contributed by atoms with Crippen LogP contribution < -0.4 is 16.8 Å². The molecule has 2 saturated heterocycles. The van der Waals surface area contributed by atoms with Crippen molar-refractivity contribution in [1.29, 1.82) is 0 Å². The van der Waals surface area contributed by atoms with Crippen LogP contribution in [0.5, 0.6) is 0 Å². The molecule has 2 fully saturated rings. The zero-order valence-corrected chi connectivity index (χ0v) is 13.7. The third kappa shape index (κ3) is 2.17. The number of allylic oxidation sites excluding steroid dienone is 2. The maximum absolute atomic E-state index is 12.6. The molecule has 4 rings (SSSR count). The van der Waals surface area contributed by atoms with Crippen molar-refractivity contribution in [1.82, 2.24) is 10.2 Å². The van der Waals surface area contributed by atoms with Gasteiger partial charge in [-0.05, 0) is 13.3 Å². The number of fused-ring (bicyclic) bond motifs is 4. The highest BCUT2D eigenvalue weighted by atomic mass is 16.2. The number of ketones is 2. The second kappa shape index (κ2) is 5.71. The van der Waals surface area contributed by atoms with E-state index < -0.39 is 5.91 Å². The molecule has 0 saturated carbocycles. The molecule has 3 aliphatic heterocycles. The van der Waals surface area contributed by atoms with Gasteiger partial charge in [0.25, 0.3) is 0 Å². The number of hydrogen-bond acceptors (Lipinski definition) is 7. The highest BCUT2D eigenvalue weighted by Gasteiger charge is 2.62. The van der Waals surface area contributed by atoms with Crippen LogP contribution in [0.4, 0.5) is 0 Å². The van der Waals surface area contributed by atoms with Crippen LogP contribution in [0.3, 0.4) is 0 Å². The van der Waals surface area contributed by atoms with Gasteiger partial charge in [0.2, 0.25) is 17.5 Å². The van der Waals surface area contributed by atoms with Gasteiger partial charge in [0, 0.05) is 49.2 Å².